The van der Waals surface area contributed by atoms with Crippen molar-refractivity contribution in [1.82, 2.24) is 5.32 Å². The first-order valence-corrected chi connectivity index (χ1v) is 5.77. The number of rotatable bonds is 3. The third-order valence-corrected chi connectivity index (χ3v) is 2.85. The maximum absolute atomic E-state index is 11.6. The number of hydrogen-bond acceptors (Lipinski definition) is 2. The van der Waals surface area contributed by atoms with Gasteiger partial charge in [0.25, 0.3) is 0 Å². The van der Waals surface area contributed by atoms with Crippen molar-refractivity contribution in [2.24, 2.45) is 0 Å². The van der Waals surface area contributed by atoms with E-state index in [0.29, 0.717) is 18.2 Å². The first kappa shape index (κ1) is 11.4. The molecule has 0 aliphatic carbocycles. The van der Waals surface area contributed by atoms with Crippen LogP contribution in [-0.4, -0.2) is 18.6 Å². The number of halogens is 1. The van der Waals surface area contributed by atoms with E-state index in [-0.39, 0.29) is 12.0 Å². The lowest BCUT2D eigenvalue weighted by atomic mass is 10.2. The van der Waals surface area contributed by atoms with Gasteiger partial charge in [-0.3, -0.25) is 4.79 Å². The second kappa shape index (κ2) is 5.32. The van der Waals surface area contributed by atoms with Gasteiger partial charge in [-0.05, 0) is 30.5 Å². The Labute approximate surface area is 99.7 Å². The van der Waals surface area contributed by atoms with Gasteiger partial charge in [-0.1, -0.05) is 23.7 Å². The first-order valence-electron chi connectivity index (χ1n) is 5.39. The van der Waals surface area contributed by atoms with Gasteiger partial charge in [0.1, 0.15) is 6.10 Å². The lowest BCUT2D eigenvalue weighted by molar-refractivity contribution is -0.130. The van der Waals surface area contributed by atoms with Crippen LogP contribution in [0.5, 0.6) is 0 Å². The second-order valence-electron chi connectivity index (χ2n) is 3.85. The summed E-state index contributed by atoms with van der Waals surface area (Å²) in [5.41, 5.74) is 1.04. The van der Waals surface area contributed by atoms with Crippen LogP contribution in [0.2, 0.25) is 5.02 Å². The van der Waals surface area contributed by atoms with Crippen LogP contribution in [0.4, 0.5) is 0 Å². The van der Waals surface area contributed by atoms with Crippen molar-refractivity contribution < 1.29 is 9.53 Å². The Kier molecular flexibility index (Phi) is 3.80. The predicted octanol–water partition coefficient (Wildman–Crippen LogP) is 2.14. The highest BCUT2D eigenvalue weighted by molar-refractivity contribution is 6.30. The third kappa shape index (κ3) is 2.97. The third-order valence-electron chi connectivity index (χ3n) is 2.60. The van der Waals surface area contributed by atoms with Crippen molar-refractivity contribution in [3.63, 3.8) is 0 Å². The maximum atomic E-state index is 11.6. The molecule has 1 N–H and O–H groups in total. The molecule has 0 aromatic heterocycles. The van der Waals surface area contributed by atoms with Gasteiger partial charge in [0, 0.05) is 18.2 Å². The number of amides is 1. The van der Waals surface area contributed by atoms with Crippen molar-refractivity contribution in [2.45, 2.75) is 25.5 Å². The minimum Gasteiger partial charge on any atom is -0.368 e. The normalized spacial score (nSPS) is 19.7. The van der Waals surface area contributed by atoms with E-state index in [1.807, 2.05) is 24.3 Å². The Bertz CT molecular complexity index is 358. The zero-order chi connectivity index (χ0) is 11.4. The minimum absolute atomic E-state index is 0.0209. The molecule has 1 amide bonds. The van der Waals surface area contributed by atoms with Gasteiger partial charge in [0.15, 0.2) is 0 Å². The van der Waals surface area contributed by atoms with E-state index in [0.717, 1.165) is 18.4 Å². The topological polar surface area (TPSA) is 38.3 Å². The predicted molar refractivity (Wildman–Crippen MR) is 62.3 cm³/mol. The van der Waals surface area contributed by atoms with E-state index >= 15 is 0 Å². The van der Waals surface area contributed by atoms with Crippen LogP contribution in [0, 0.1) is 0 Å². The largest absolute Gasteiger partial charge is 0.368 e. The fourth-order valence-corrected chi connectivity index (χ4v) is 1.82. The zero-order valence-corrected chi connectivity index (χ0v) is 9.67. The van der Waals surface area contributed by atoms with Gasteiger partial charge in [-0.2, -0.15) is 0 Å². The van der Waals surface area contributed by atoms with Crippen LogP contribution in [-0.2, 0) is 16.1 Å². The summed E-state index contributed by atoms with van der Waals surface area (Å²) in [6, 6.07) is 7.43. The number of benzene rings is 1. The fraction of sp³-hybridized carbons (Fsp3) is 0.417. The molecule has 1 atom stereocenters. The summed E-state index contributed by atoms with van der Waals surface area (Å²) in [5, 5.41) is 3.56. The Balaban J connectivity index is 1.82. The molecule has 3 nitrogen and oxygen atoms in total. The van der Waals surface area contributed by atoms with Crippen LogP contribution >= 0.6 is 11.6 Å². The highest BCUT2D eigenvalue weighted by Crippen LogP contribution is 2.12. The molecule has 4 heteroatoms. The van der Waals surface area contributed by atoms with Crippen LogP contribution in [0.25, 0.3) is 0 Å². The molecule has 2 rings (SSSR count). The van der Waals surface area contributed by atoms with Crippen molar-refractivity contribution in [3.05, 3.63) is 34.9 Å². The van der Waals surface area contributed by atoms with Gasteiger partial charge >= 0.3 is 0 Å². The zero-order valence-electron chi connectivity index (χ0n) is 8.91. The molecule has 16 heavy (non-hydrogen) atoms. The fourth-order valence-electron chi connectivity index (χ4n) is 1.69. The van der Waals surface area contributed by atoms with Gasteiger partial charge < -0.3 is 10.1 Å². The smallest absolute Gasteiger partial charge is 0.249 e. The number of carbonyl (C=O) groups is 1. The van der Waals surface area contributed by atoms with Crippen LogP contribution in [0.15, 0.2) is 24.3 Å². The highest BCUT2D eigenvalue weighted by atomic mass is 35.5. The average molecular weight is 240 g/mol. The monoisotopic (exact) mass is 239 g/mol. The van der Waals surface area contributed by atoms with Crippen LogP contribution < -0.4 is 5.32 Å². The molecule has 0 radical (unpaired) electrons. The van der Waals surface area contributed by atoms with Gasteiger partial charge in [-0.15, -0.1) is 0 Å². The number of nitrogens with one attached hydrogen (secondary N) is 1. The molecule has 1 aromatic rings. The summed E-state index contributed by atoms with van der Waals surface area (Å²) in [6.07, 6.45) is 1.54. The summed E-state index contributed by atoms with van der Waals surface area (Å²) < 4.78 is 5.29. The van der Waals surface area contributed by atoms with Crippen molar-refractivity contribution in [2.75, 3.05) is 6.61 Å². The molecular weight excluding hydrogens is 226 g/mol. The van der Waals surface area contributed by atoms with Crippen molar-refractivity contribution in [1.29, 1.82) is 0 Å². The van der Waals surface area contributed by atoms with E-state index in [9.17, 15) is 4.79 Å². The quantitative estimate of drug-likeness (QED) is 0.878. The van der Waals surface area contributed by atoms with Crippen molar-refractivity contribution >= 4 is 17.5 Å². The minimum atomic E-state index is -0.257. The molecule has 0 bridgehead atoms. The lowest BCUT2D eigenvalue weighted by Crippen LogP contribution is -2.33. The molecular formula is C12H14ClNO2. The van der Waals surface area contributed by atoms with E-state index < -0.39 is 0 Å². The summed E-state index contributed by atoms with van der Waals surface area (Å²) in [6.45, 7) is 1.22. The summed E-state index contributed by atoms with van der Waals surface area (Å²) in [7, 11) is 0. The summed E-state index contributed by atoms with van der Waals surface area (Å²) in [5.74, 6) is -0.0209. The van der Waals surface area contributed by atoms with E-state index in [1.54, 1.807) is 0 Å². The molecule has 0 unspecified atom stereocenters. The molecule has 1 aliphatic heterocycles. The average Bonchev–Trinajstić information content (AvgIpc) is 2.81. The second-order valence-corrected chi connectivity index (χ2v) is 4.28. The number of carbonyl (C=O) groups excluding carboxylic acids is 1. The number of ether oxygens (including phenoxy) is 1. The number of hydrogen-bond donors (Lipinski definition) is 1. The first-order chi connectivity index (χ1) is 7.75. The maximum Gasteiger partial charge on any atom is 0.249 e. The molecule has 86 valence electrons. The van der Waals surface area contributed by atoms with Gasteiger partial charge in [-0.25, -0.2) is 0 Å². The molecule has 1 fully saturated rings. The Morgan fingerprint density at radius 1 is 1.44 bits per heavy atom. The molecule has 1 aromatic carbocycles. The summed E-state index contributed by atoms with van der Waals surface area (Å²) in [4.78, 5) is 11.6. The van der Waals surface area contributed by atoms with Gasteiger partial charge in [0.05, 0.1) is 0 Å². The highest BCUT2D eigenvalue weighted by Gasteiger charge is 2.22. The SMILES string of the molecule is O=C(NCc1ccc(Cl)cc1)[C@@H]1CCCO1. The van der Waals surface area contributed by atoms with E-state index in [4.69, 9.17) is 16.3 Å². The Morgan fingerprint density at radius 2 is 2.19 bits per heavy atom. The van der Waals surface area contributed by atoms with E-state index in [1.165, 1.54) is 0 Å². The Hall–Kier alpha value is -1.06. The van der Waals surface area contributed by atoms with E-state index in [2.05, 4.69) is 5.32 Å². The van der Waals surface area contributed by atoms with Crippen LogP contribution in [0.3, 0.4) is 0 Å². The standard InChI is InChI=1S/C12H14ClNO2/c13-10-5-3-9(4-6-10)8-14-12(15)11-2-1-7-16-11/h3-6,11H,1-2,7-8H2,(H,14,15)/t11-/m0/s1. The Morgan fingerprint density at radius 3 is 2.81 bits per heavy atom. The molecule has 1 heterocycles. The molecule has 0 saturated carbocycles. The lowest BCUT2D eigenvalue weighted by Gasteiger charge is -2.10. The van der Waals surface area contributed by atoms with Gasteiger partial charge in [0.2, 0.25) is 5.91 Å². The van der Waals surface area contributed by atoms with Crippen molar-refractivity contribution in [3.8, 4) is 0 Å². The van der Waals surface area contributed by atoms with Crippen LogP contribution in [0.1, 0.15) is 18.4 Å². The molecule has 0 spiro atoms. The summed E-state index contributed by atoms with van der Waals surface area (Å²) >= 11 is 5.77. The molecule has 1 aliphatic rings. The molecule has 1 saturated heterocycles.